The molecule has 7 heteroatoms. The topological polar surface area (TPSA) is 83.3 Å². The van der Waals surface area contributed by atoms with E-state index in [1.54, 1.807) is 0 Å². The number of amides is 2. The molecule has 0 radical (unpaired) electrons. The first-order valence-electron chi connectivity index (χ1n) is 9.42. The van der Waals surface area contributed by atoms with Crippen LogP contribution in [0.1, 0.15) is 30.1 Å². The van der Waals surface area contributed by atoms with Crippen molar-refractivity contribution in [1.29, 1.82) is 0 Å². The average Bonchev–Trinajstić information content (AvgIpc) is 3.42. The summed E-state index contributed by atoms with van der Waals surface area (Å²) in [5.74, 6) is 2.35. The summed E-state index contributed by atoms with van der Waals surface area (Å²) in [5.41, 5.74) is 1.14. The lowest BCUT2D eigenvalue weighted by atomic mass is 9.82. The standard InChI is InChI=1S/C19H23N5O2/c25-19(24-15-6-7-16(24)14-10-20-9-13(14)15)21-11-18-22-17(23-26-18)8-12-4-2-1-3-5-12/h1-5,13-16,20H,6-11H2,(H,21,25). The second-order valence-corrected chi connectivity index (χ2v) is 7.53. The second kappa shape index (κ2) is 6.39. The van der Waals surface area contributed by atoms with Gasteiger partial charge in [0, 0.05) is 31.6 Å². The summed E-state index contributed by atoms with van der Waals surface area (Å²) in [4.78, 5) is 19.2. The van der Waals surface area contributed by atoms with Crippen molar-refractivity contribution in [2.45, 2.75) is 37.9 Å². The van der Waals surface area contributed by atoms with Gasteiger partial charge >= 0.3 is 6.03 Å². The van der Waals surface area contributed by atoms with Crippen molar-refractivity contribution in [2.75, 3.05) is 13.1 Å². The van der Waals surface area contributed by atoms with Crippen LogP contribution in [-0.4, -0.2) is 46.2 Å². The maximum absolute atomic E-state index is 12.7. The van der Waals surface area contributed by atoms with E-state index in [2.05, 4.69) is 25.7 Å². The fourth-order valence-corrected chi connectivity index (χ4v) is 5.02. The van der Waals surface area contributed by atoms with Gasteiger partial charge < -0.3 is 20.1 Å². The van der Waals surface area contributed by atoms with E-state index in [0.29, 0.717) is 42.1 Å². The smallest absolute Gasteiger partial charge is 0.318 e. The molecule has 2 amide bonds. The van der Waals surface area contributed by atoms with Gasteiger partial charge in [-0.05, 0) is 30.2 Å². The summed E-state index contributed by atoms with van der Waals surface area (Å²) in [7, 11) is 0. The Hall–Kier alpha value is -2.41. The van der Waals surface area contributed by atoms with Crippen LogP contribution in [0.15, 0.2) is 34.9 Å². The zero-order chi connectivity index (χ0) is 17.5. The molecule has 0 spiro atoms. The third-order valence-corrected chi connectivity index (χ3v) is 6.11. The van der Waals surface area contributed by atoms with E-state index in [0.717, 1.165) is 31.5 Å². The molecule has 26 heavy (non-hydrogen) atoms. The zero-order valence-electron chi connectivity index (χ0n) is 14.6. The molecular weight excluding hydrogens is 330 g/mol. The molecule has 7 nitrogen and oxygen atoms in total. The molecule has 3 aliphatic heterocycles. The molecule has 1 aromatic carbocycles. The third-order valence-electron chi connectivity index (χ3n) is 6.11. The molecule has 0 saturated carbocycles. The van der Waals surface area contributed by atoms with Gasteiger partial charge in [0.15, 0.2) is 5.82 Å². The van der Waals surface area contributed by atoms with E-state index in [9.17, 15) is 4.79 Å². The Labute approximate surface area is 152 Å². The van der Waals surface area contributed by atoms with E-state index in [1.165, 1.54) is 0 Å². The van der Waals surface area contributed by atoms with E-state index >= 15 is 0 Å². The lowest BCUT2D eigenvalue weighted by molar-refractivity contribution is 0.183. The Morgan fingerprint density at radius 3 is 2.65 bits per heavy atom. The van der Waals surface area contributed by atoms with Gasteiger partial charge in [-0.2, -0.15) is 4.98 Å². The second-order valence-electron chi connectivity index (χ2n) is 7.53. The first-order chi connectivity index (χ1) is 12.8. The molecule has 2 N–H and O–H groups in total. The highest BCUT2D eigenvalue weighted by molar-refractivity contribution is 5.76. The molecule has 4 atom stereocenters. The van der Waals surface area contributed by atoms with E-state index < -0.39 is 0 Å². The lowest BCUT2D eigenvalue weighted by Gasteiger charge is -2.24. The SMILES string of the molecule is O=C(NCc1nc(Cc2ccccc2)no1)N1C2CCC1C1CNCC12. The summed E-state index contributed by atoms with van der Waals surface area (Å²) in [5, 5.41) is 10.5. The fourth-order valence-electron chi connectivity index (χ4n) is 5.02. The molecule has 3 aliphatic rings. The first-order valence-corrected chi connectivity index (χ1v) is 9.42. The maximum Gasteiger partial charge on any atom is 0.318 e. The number of hydrogen-bond acceptors (Lipinski definition) is 5. The number of urea groups is 1. The minimum absolute atomic E-state index is 0.00899. The molecule has 136 valence electrons. The van der Waals surface area contributed by atoms with Crippen LogP contribution in [0.5, 0.6) is 0 Å². The fraction of sp³-hybridized carbons (Fsp3) is 0.526. The van der Waals surface area contributed by atoms with Crippen LogP contribution >= 0.6 is 0 Å². The quantitative estimate of drug-likeness (QED) is 0.871. The Morgan fingerprint density at radius 2 is 1.92 bits per heavy atom. The van der Waals surface area contributed by atoms with Crippen LogP contribution in [0, 0.1) is 11.8 Å². The molecular formula is C19H23N5O2. The summed E-state index contributed by atoms with van der Waals surface area (Å²) in [6.45, 7) is 2.37. The Balaban J connectivity index is 1.19. The minimum atomic E-state index is 0.00899. The predicted octanol–water partition coefficient (Wildman–Crippen LogP) is 1.55. The number of carbonyl (C=O) groups excluding carboxylic acids is 1. The molecule has 3 fully saturated rings. The van der Waals surface area contributed by atoms with Gasteiger partial charge in [0.1, 0.15) is 0 Å². The van der Waals surface area contributed by atoms with Crippen molar-refractivity contribution in [3.05, 3.63) is 47.6 Å². The largest absolute Gasteiger partial charge is 0.337 e. The van der Waals surface area contributed by atoms with Crippen molar-refractivity contribution in [2.24, 2.45) is 11.8 Å². The lowest BCUT2D eigenvalue weighted by Crippen LogP contribution is -2.45. The molecule has 4 heterocycles. The number of rotatable bonds is 4. The monoisotopic (exact) mass is 353 g/mol. The first kappa shape index (κ1) is 15.8. The van der Waals surface area contributed by atoms with Gasteiger partial charge in [-0.1, -0.05) is 35.5 Å². The van der Waals surface area contributed by atoms with Crippen molar-refractivity contribution in [3.8, 4) is 0 Å². The number of hydrogen-bond donors (Lipinski definition) is 2. The van der Waals surface area contributed by atoms with Crippen LogP contribution in [0.4, 0.5) is 4.79 Å². The zero-order valence-corrected chi connectivity index (χ0v) is 14.6. The minimum Gasteiger partial charge on any atom is -0.337 e. The van der Waals surface area contributed by atoms with Crippen molar-refractivity contribution >= 4 is 6.03 Å². The van der Waals surface area contributed by atoms with Crippen LogP contribution in [0.3, 0.4) is 0 Å². The molecule has 0 aliphatic carbocycles. The van der Waals surface area contributed by atoms with Crippen LogP contribution in [-0.2, 0) is 13.0 Å². The predicted molar refractivity (Wildman–Crippen MR) is 94.3 cm³/mol. The number of nitrogens with zero attached hydrogens (tertiary/aromatic N) is 3. The summed E-state index contributed by atoms with van der Waals surface area (Å²) >= 11 is 0. The summed E-state index contributed by atoms with van der Waals surface area (Å²) in [6, 6.07) is 10.8. The highest BCUT2D eigenvalue weighted by Crippen LogP contribution is 2.47. The number of carbonyl (C=O) groups is 1. The maximum atomic E-state index is 12.7. The van der Waals surface area contributed by atoms with E-state index in [-0.39, 0.29) is 12.6 Å². The van der Waals surface area contributed by atoms with Crippen molar-refractivity contribution in [3.63, 3.8) is 0 Å². The van der Waals surface area contributed by atoms with Gasteiger partial charge in [-0.25, -0.2) is 4.79 Å². The van der Waals surface area contributed by atoms with Crippen molar-refractivity contribution < 1.29 is 9.32 Å². The molecule has 1 aromatic heterocycles. The van der Waals surface area contributed by atoms with Gasteiger partial charge in [-0.3, -0.25) is 0 Å². The third kappa shape index (κ3) is 2.67. The van der Waals surface area contributed by atoms with Crippen LogP contribution < -0.4 is 10.6 Å². The van der Waals surface area contributed by atoms with Gasteiger partial charge in [0.05, 0.1) is 6.54 Å². The van der Waals surface area contributed by atoms with E-state index in [4.69, 9.17) is 4.52 Å². The van der Waals surface area contributed by atoms with Gasteiger partial charge in [0.2, 0.25) is 5.89 Å². The number of aromatic nitrogens is 2. The average molecular weight is 353 g/mol. The Bertz CT molecular complexity index is 774. The van der Waals surface area contributed by atoms with Gasteiger partial charge in [0.25, 0.3) is 0 Å². The number of fused-ring (bicyclic) bond motifs is 5. The summed E-state index contributed by atoms with van der Waals surface area (Å²) in [6.07, 6.45) is 2.89. The Kier molecular flexibility index (Phi) is 3.89. The number of nitrogens with one attached hydrogen (secondary N) is 2. The Morgan fingerprint density at radius 1 is 1.19 bits per heavy atom. The normalized spacial score (nSPS) is 29.2. The molecule has 2 bridgehead atoms. The molecule has 5 rings (SSSR count). The molecule has 2 aromatic rings. The molecule has 3 saturated heterocycles. The highest BCUT2D eigenvalue weighted by Gasteiger charge is 2.56. The summed E-state index contributed by atoms with van der Waals surface area (Å²) < 4.78 is 5.29. The van der Waals surface area contributed by atoms with Gasteiger partial charge in [-0.15, -0.1) is 0 Å². The van der Waals surface area contributed by atoms with Crippen LogP contribution in [0.2, 0.25) is 0 Å². The highest BCUT2D eigenvalue weighted by atomic mass is 16.5. The van der Waals surface area contributed by atoms with Crippen LogP contribution in [0.25, 0.3) is 0 Å². The van der Waals surface area contributed by atoms with Crippen molar-refractivity contribution in [1.82, 2.24) is 25.7 Å². The number of benzene rings is 1. The van der Waals surface area contributed by atoms with E-state index in [1.807, 2.05) is 30.3 Å². The molecule has 4 unspecified atom stereocenters.